The summed E-state index contributed by atoms with van der Waals surface area (Å²) < 4.78 is 0. The van der Waals surface area contributed by atoms with Gasteiger partial charge in [-0.15, -0.1) is 0 Å². The van der Waals surface area contributed by atoms with Crippen LogP contribution in [0.1, 0.15) is 19.5 Å². The van der Waals surface area contributed by atoms with Gasteiger partial charge in [0.25, 0.3) is 0 Å². The fraction of sp³-hybridized carbons (Fsp3) is 0.417. The van der Waals surface area contributed by atoms with Gasteiger partial charge in [0.2, 0.25) is 11.8 Å². The van der Waals surface area contributed by atoms with Crippen molar-refractivity contribution < 1.29 is 9.59 Å². The van der Waals surface area contributed by atoms with Crippen molar-refractivity contribution in [3.05, 3.63) is 22.8 Å². The predicted molar refractivity (Wildman–Crippen MR) is 70.9 cm³/mol. The normalized spacial score (nSPS) is 23.1. The van der Waals surface area contributed by atoms with Crippen molar-refractivity contribution in [2.75, 3.05) is 5.43 Å². The zero-order valence-corrected chi connectivity index (χ0v) is 11.4. The van der Waals surface area contributed by atoms with Crippen molar-refractivity contribution >= 4 is 29.2 Å². The second kappa shape index (κ2) is 5.14. The van der Waals surface area contributed by atoms with E-state index in [1.807, 2.05) is 0 Å². The highest BCUT2D eigenvalue weighted by molar-refractivity contribution is 6.31. The minimum atomic E-state index is -0.304. The zero-order valence-electron chi connectivity index (χ0n) is 10.7. The average Bonchev–Trinajstić information content (AvgIpc) is 2.59. The maximum absolute atomic E-state index is 12.0. The number of nitrogens with zero attached hydrogens (tertiary/aromatic N) is 2. The minimum absolute atomic E-state index is 0.0701. The van der Waals surface area contributed by atoms with Crippen molar-refractivity contribution in [2.24, 2.45) is 17.7 Å². The van der Waals surface area contributed by atoms with Gasteiger partial charge >= 0.3 is 0 Å². The molecule has 0 radical (unpaired) electrons. The average molecular weight is 283 g/mol. The van der Waals surface area contributed by atoms with Gasteiger partial charge in [-0.3, -0.25) is 14.5 Å². The van der Waals surface area contributed by atoms with E-state index in [2.05, 4.69) is 10.4 Å². The Labute approximate surface area is 115 Å². The number of nitrogen functional groups attached to an aromatic ring is 1. The number of anilines is 1. The molecular weight excluding hydrogens is 268 g/mol. The van der Waals surface area contributed by atoms with Gasteiger partial charge in [0.15, 0.2) is 0 Å². The lowest BCUT2D eigenvalue weighted by Gasteiger charge is -2.15. The van der Waals surface area contributed by atoms with E-state index in [0.29, 0.717) is 16.5 Å². The summed E-state index contributed by atoms with van der Waals surface area (Å²) in [5.74, 6) is 4.71. The van der Waals surface area contributed by atoms with Crippen LogP contribution in [0.15, 0.2) is 12.1 Å². The molecule has 7 heteroatoms. The number of carbonyl (C=O) groups excluding carboxylic acids is 2. The molecule has 1 saturated heterocycles. The van der Waals surface area contributed by atoms with E-state index in [9.17, 15) is 9.59 Å². The molecular formula is C12H15ClN4O2. The highest BCUT2D eigenvalue weighted by atomic mass is 35.5. The second-order valence-corrected chi connectivity index (χ2v) is 5.02. The van der Waals surface area contributed by atoms with E-state index in [1.54, 1.807) is 26.0 Å². The van der Waals surface area contributed by atoms with E-state index in [1.165, 1.54) is 4.90 Å². The molecule has 3 N–H and O–H groups in total. The Balaban J connectivity index is 2.26. The van der Waals surface area contributed by atoms with Crippen LogP contribution in [-0.2, 0) is 16.1 Å². The highest BCUT2D eigenvalue weighted by Crippen LogP contribution is 2.28. The lowest BCUT2D eigenvalue weighted by molar-refractivity contribution is -0.140. The van der Waals surface area contributed by atoms with Gasteiger partial charge in [0, 0.05) is 11.8 Å². The van der Waals surface area contributed by atoms with Crippen LogP contribution in [0.25, 0.3) is 0 Å². The Hall–Kier alpha value is -1.66. The van der Waals surface area contributed by atoms with Crippen LogP contribution in [0, 0.1) is 11.8 Å². The van der Waals surface area contributed by atoms with E-state index in [4.69, 9.17) is 17.4 Å². The van der Waals surface area contributed by atoms with Gasteiger partial charge in [0.1, 0.15) is 5.82 Å². The summed E-state index contributed by atoms with van der Waals surface area (Å²) in [6.45, 7) is 3.57. The van der Waals surface area contributed by atoms with Crippen molar-refractivity contribution in [3.8, 4) is 0 Å². The summed E-state index contributed by atoms with van der Waals surface area (Å²) in [4.78, 5) is 29.3. The van der Waals surface area contributed by atoms with E-state index < -0.39 is 0 Å². The molecule has 0 bridgehead atoms. The number of rotatable bonds is 3. The Morgan fingerprint density at radius 3 is 2.42 bits per heavy atom. The molecule has 0 aromatic carbocycles. The van der Waals surface area contributed by atoms with E-state index >= 15 is 0 Å². The highest BCUT2D eigenvalue weighted by Gasteiger charge is 2.42. The van der Waals surface area contributed by atoms with Crippen molar-refractivity contribution in [1.82, 2.24) is 9.88 Å². The molecule has 1 aliphatic heterocycles. The van der Waals surface area contributed by atoms with Crippen LogP contribution in [0.3, 0.4) is 0 Å². The number of nitrogens with one attached hydrogen (secondary N) is 1. The smallest absolute Gasteiger partial charge is 0.233 e. The maximum Gasteiger partial charge on any atom is 0.233 e. The number of halogens is 1. The maximum atomic E-state index is 12.0. The quantitative estimate of drug-likeness (QED) is 0.493. The third-order valence-corrected chi connectivity index (χ3v) is 3.78. The number of amides is 2. The van der Waals surface area contributed by atoms with Crippen molar-refractivity contribution in [1.29, 1.82) is 0 Å². The fourth-order valence-electron chi connectivity index (χ4n) is 2.01. The molecule has 1 aromatic heterocycles. The van der Waals surface area contributed by atoms with Crippen LogP contribution in [-0.4, -0.2) is 21.7 Å². The molecule has 2 amide bonds. The first-order valence-corrected chi connectivity index (χ1v) is 6.30. The number of hydrogen-bond acceptors (Lipinski definition) is 5. The summed E-state index contributed by atoms with van der Waals surface area (Å²) in [6, 6.07) is 3.24. The molecule has 0 saturated carbocycles. The van der Waals surface area contributed by atoms with E-state index in [-0.39, 0.29) is 30.2 Å². The first-order chi connectivity index (χ1) is 8.95. The molecule has 102 valence electrons. The standard InChI is InChI=1S/C12H15ClN4O2/c1-6-7(2)12(19)17(11(6)18)5-9-8(13)3-4-10(15-9)16-14/h3-4,6-7H,5,14H2,1-2H3,(H,15,16). The molecule has 0 aliphatic carbocycles. The van der Waals surface area contributed by atoms with Gasteiger partial charge in [-0.2, -0.15) is 0 Å². The van der Waals surface area contributed by atoms with Gasteiger partial charge in [-0.25, -0.2) is 10.8 Å². The zero-order chi connectivity index (χ0) is 14.2. The Kier molecular flexibility index (Phi) is 3.73. The van der Waals surface area contributed by atoms with Crippen LogP contribution in [0.2, 0.25) is 5.02 Å². The Morgan fingerprint density at radius 1 is 1.32 bits per heavy atom. The van der Waals surface area contributed by atoms with Gasteiger partial charge in [0.05, 0.1) is 17.3 Å². The predicted octanol–water partition coefficient (Wildman–Crippen LogP) is 1.16. The first-order valence-electron chi connectivity index (χ1n) is 5.93. The number of pyridine rings is 1. The lowest BCUT2D eigenvalue weighted by Crippen LogP contribution is -2.31. The molecule has 2 atom stereocenters. The van der Waals surface area contributed by atoms with Crippen molar-refractivity contribution in [2.45, 2.75) is 20.4 Å². The summed E-state index contributed by atoms with van der Waals surface area (Å²) >= 11 is 6.02. The molecule has 6 nitrogen and oxygen atoms in total. The first kappa shape index (κ1) is 13.8. The van der Waals surface area contributed by atoms with Gasteiger partial charge in [-0.05, 0) is 12.1 Å². The fourth-order valence-corrected chi connectivity index (χ4v) is 2.17. The number of imide groups is 1. The topological polar surface area (TPSA) is 88.3 Å². The van der Waals surface area contributed by atoms with E-state index in [0.717, 1.165) is 0 Å². The van der Waals surface area contributed by atoms with Gasteiger partial charge in [-0.1, -0.05) is 25.4 Å². The number of aromatic nitrogens is 1. The van der Waals surface area contributed by atoms with Crippen LogP contribution >= 0.6 is 11.6 Å². The van der Waals surface area contributed by atoms with Crippen LogP contribution in [0.5, 0.6) is 0 Å². The SMILES string of the molecule is CC1C(=O)N(Cc2nc(NN)ccc2Cl)C(=O)C1C. The monoisotopic (exact) mass is 282 g/mol. The lowest BCUT2D eigenvalue weighted by atomic mass is 10.00. The summed E-state index contributed by atoms with van der Waals surface area (Å²) in [5.41, 5.74) is 2.85. The number of hydrazine groups is 1. The largest absolute Gasteiger partial charge is 0.308 e. The molecule has 19 heavy (non-hydrogen) atoms. The molecule has 1 fully saturated rings. The second-order valence-electron chi connectivity index (χ2n) is 4.61. The number of carbonyl (C=O) groups is 2. The summed E-state index contributed by atoms with van der Waals surface area (Å²) in [5, 5.41) is 0.395. The molecule has 2 unspecified atom stereocenters. The Morgan fingerprint density at radius 2 is 1.89 bits per heavy atom. The van der Waals surface area contributed by atoms with Crippen LogP contribution < -0.4 is 11.3 Å². The minimum Gasteiger partial charge on any atom is -0.308 e. The number of nitrogens with two attached hydrogens (primary N) is 1. The molecule has 1 aliphatic rings. The third-order valence-electron chi connectivity index (χ3n) is 3.44. The molecule has 2 heterocycles. The number of hydrogen-bond donors (Lipinski definition) is 2. The Bertz CT molecular complexity index is 514. The third kappa shape index (κ3) is 2.41. The summed E-state index contributed by atoms with van der Waals surface area (Å²) in [6.07, 6.45) is 0. The molecule has 0 spiro atoms. The van der Waals surface area contributed by atoms with Crippen molar-refractivity contribution in [3.63, 3.8) is 0 Å². The molecule has 1 aromatic rings. The number of likely N-dealkylation sites (tertiary alicyclic amines) is 1. The van der Waals surface area contributed by atoms with Gasteiger partial charge < -0.3 is 5.43 Å². The summed E-state index contributed by atoms with van der Waals surface area (Å²) in [7, 11) is 0. The van der Waals surface area contributed by atoms with Crippen LogP contribution in [0.4, 0.5) is 5.82 Å². The molecule has 2 rings (SSSR count).